The molecule has 1 amide bonds. The first-order valence-electron chi connectivity index (χ1n) is 7.70. The van der Waals surface area contributed by atoms with Gasteiger partial charge < -0.3 is 10.6 Å². The van der Waals surface area contributed by atoms with Gasteiger partial charge in [0, 0.05) is 18.2 Å². The van der Waals surface area contributed by atoms with Crippen LogP contribution in [-0.2, 0) is 13.0 Å². The van der Waals surface area contributed by atoms with Gasteiger partial charge in [0.25, 0.3) is 5.91 Å². The summed E-state index contributed by atoms with van der Waals surface area (Å²) in [7, 11) is 0. The van der Waals surface area contributed by atoms with Crippen LogP contribution in [0.1, 0.15) is 54.6 Å². The fourth-order valence-corrected chi connectivity index (χ4v) is 3.46. The summed E-state index contributed by atoms with van der Waals surface area (Å²) >= 11 is 0. The molecule has 0 spiro atoms. The van der Waals surface area contributed by atoms with Crippen LogP contribution >= 0.6 is 0 Å². The standard InChI is InChI=1S/C17H24N2O/c1-17(2)8-3-4-15(17)19-16(20)13-6-5-12-7-9-18-11-14(12)10-13/h5-6,10,15,18H,3-4,7-9,11H2,1-2H3,(H,19,20). The van der Waals surface area contributed by atoms with Gasteiger partial charge in [-0.25, -0.2) is 0 Å². The largest absolute Gasteiger partial charge is 0.349 e. The zero-order valence-corrected chi connectivity index (χ0v) is 12.5. The number of rotatable bonds is 2. The second-order valence-electron chi connectivity index (χ2n) is 6.82. The van der Waals surface area contributed by atoms with Gasteiger partial charge in [-0.3, -0.25) is 4.79 Å². The zero-order valence-electron chi connectivity index (χ0n) is 12.5. The van der Waals surface area contributed by atoms with Crippen molar-refractivity contribution in [2.45, 2.75) is 52.1 Å². The molecule has 2 N–H and O–H groups in total. The third-order valence-electron chi connectivity index (χ3n) is 4.92. The van der Waals surface area contributed by atoms with Crippen molar-refractivity contribution in [1.29, 1.82) is 0 Å². The Morgan fingerprint density at radius 1 is 1.35 bits per heavy atom. The van der Waals surface area contributed by atoms with Crippen LogP contribution in [0.15, 0.2) is 18.2 Å². The predicted octanol–water partition coefficient (Wildman–Crippen LogP) is 2.64. The van der Waals surface area contributed by atoms with Crippen LogP contribution in [-0.4, -0.2) is 18.5 Å². The molecule has 1 aliphatic heterocycles. The number of fused-ring (bicyclic) bond motifs is 1. The van der Waals surface area contributed by atoms with E-state index in [9.17, 15) is 4.79 Å². The Morgan fingerprint density at radius 3 is 2.95 bits per heavy atom. The molecule has 1 fully saturated rings. The SMILES string of the molecule is CC1(C)CCCC1NC(=O)c1ccc2c(c1)CNCC2. The summed E-state index contributed by atoms with van der Waals surface area (Å²) in [5.74, 6) is 0.0818. The van der Waals surface area contributed by atoms with Gasteiger partial charge >= 0.3 is 0 Å². The molecule has 0 bridgehead atoms. The molecule has 1 saturated carbocycles. The van der Waals surface area contributed by atoms with E-state index in [2.05, 4.69) is 36.6 Å². The molecule has 20 heavy (non-hydrogen) atoms. The minimum atomic E-state index is 0.0818. The van der Waals surface area contributed by atoms with Crippen LogP contribution in [0, 0.1) is 5.41 Å². The molecule has 1 unspecified atom stereocenters. The van der Waals surface area contributed by atoms with E-state index >= 15 is 0 Å². The van der Waals surface area contributed by atoms with Crippen molar-refractivity contribution in [2.24, 2.45) is 5.41 Å². The van der Waals surface area contributed by atoms with Crippen molar-refractivity contribution in [1.82, 2.24) is 10.6 Å². The lowest BCUT2D eigenvalue weighted by atomic mass is 9.87. The Balaban J connectivity index is 1.74. The average Bonchev–Trinajstić information content (AvgIpc) is 2.77. The fourth-order valence-electron chi connectivity index (χ4n) is 3.46. The minimum absolute atomic E-state index is 0.0818. The number of carbonyl (C=O) groups is 1. The van der Waals surface area contributed by atoms with Crippen molar-refractivity contribution in [3.05, 3.63) is 34.9 Å². The van der Waals surface area contributed by atoms with Gasteiger partial charge in [0.1, 0.15) is 0 Å². The molecule has 108 valence electrons. The van der Waals surface area contributed by atoms with Crippen LogP contribution in [0.4, 0.5) is 0 Å². The van der Waals surface area contributed by atoms with Gasteiger partial charge in [-0.1, -0.05) is 26.3 Å². The van der Waals surface area contributed by atoms with Gasteiger partial charge in [-0.15, -0.1) is 0 Å². The Morgan fingerprint density at radius 2 is 2.20 bits per heavy atom. The van der Waals surface area contributed by atoms with E-state index in [1.165, 1.54) is 24.0 Å². The van der Waals surface area contributed by atoms with E-state index in [4.69, 9.17) is 0 Å². The zero-order chi connectivity index (χ0) is 14.2. The summed E-state index contributed by atoms with van der Waals surface area (Å²) in [6.45, 7) is 6.42. The number of nitrogens with one attached hydrogen (secondary N) is 2. The summed E-state index contributed by atoms with van der Waals surface area (Å²) in [6.07, 6.45) is 4.58. The van der Waals surface area contributed by atoms with E-state index < -0.39 is 0 Å². The van der Waals surface area contributed by atoms with E-state index in [1.807, 2.05) is 6.07 Å². The highest BCUT2D eigenvalue weighted by atomic mass is 16.1. The highest BCUT2D eigenvalue weighted by Crippen LogP contribution is 2.37. The smallest absolute Gasteiger partial charge is 0.251 e. The summed E-state index contributed by atoms with van der Waals surface area (Å²) in [6, 6.07) is 6.45. The summed E-state index contributed by atoms with van der Waals surface area (Å²) in [5, 5.41) is 6.59. The lowest BCUT2D eigenvalue weighted by Crippen LogP contribution is -2.41. The van der Waals surface area contributed by atoms with Crippen LogP contribution in [0.2, 0.25) is 0 Å². The van der Waals surface area contributed by atoms with Crippen molar-refractivity contribution in [2.75, 3.05) is 6.54 Å². The van der Waals surface area contributed by atoms with E-state index in [0.717, 1.165) is 31.5 Å². The maximum absolute atomic E-state index is 12.4. The first-order chi connectivity index (χ1) is 9.56. The molecule has 3 nitrogen and oxygen atoms in total. The van der Waals surface area contributed by atoms with Crippen molar-refractivity contribution in [3.8, 4) is 0 Å². The fraction of sp³-hybridized carbons (Fsp3) is 0.588. The number of carbonyl (C=O) groups excluding carboxylic acids is 1. The van der Waals surface area contributed by atoms with Gasteiger partial charge in [0.2, 0.25) is 0 Å². The lowest BCUT2D eigenvalue weighted by molar-refractivity contribution is 0.0910. The van der Waals surface area contributed by atoms with Crippen LogP contribution in [0.5, 0.6) is 0 Å². The predicted molar refractivity (Wildman–Crippen MR) is 80.7 cm³/mol. The Hall–Kier alpha value is -1.35. The number of hydrogen-bond acceptors (Lipinski definition) is 2. The van der Waals surface area contributed by atoms with Gasteiger partial charge in [0.05, 0.1) is 0 Å². The van der Waals surface area contributed by atoms with E-state index in [0.29, 0.717) is 6.04 Å². The molecule has 3 rings (SSSR count). The molecule has 1 aromatic rings. The molecule has 1 aromatic carbocycles. The summed E-state index contributed by atoms with van der Waals surface area (Å²) in [4.78, 5) is 12.4. The molecule has 1 aliphatic carbocycles. The highest BCUT2D eigenvalue weighted by Gasteiger charge is 2.35. The normalized spacial score (nSPS) is 24.2. The van der Waals surface area contributed by atoms with Crippen LogP contribution < -0.4 is 10.6 Å². The molecule has 1 atom stereocenters. The minimum Gasteiger partial charge on any atom is -0.349 e. The second kappa shape index (κ2) is 5.21. The molecular formula is C17H24N2O. The van der Waals surface area contributed by atoms with E-state index in [1.54, 1.807) is 0 Å². The Kier molecular flexibility index (Phi) is 3.55. The van der Waals surface area contributed by atoms with Crippen LogP contribution in [0.3, 0.4) is 0 Å². The second-order valence-corrected chi connectivity index (χ2v) is 6.82. The number of amides is 1. The highest BCUT2D eigenvalue weighted by molar-refractivity contribution is 5.94. The van der Waals surface area contributed by atoms with Gasteiger partial charge in [0.15, 0.2) is 0 Å². The van der Waals surface area contributed by atoms with Gasteiger partial charge in [-0.05, 0) is 54.5 Å². The maximum atomic E-state index is 12.4. The monoisotopic (exact) mass is 272 g/mol. The Labute approximate surface area is 121 Å². The molecule has 2 aliphatic rings. The first kappa shape index (κ1) is 13.6. The van der Waals surface area contributed by atoms with Crippen molar-refractivity contribution in [3.63, 3.8) is 0 Å². The maximum Gasteiger partial charge on any atom is 0.251 e. The summed E-state index contributed by atoms with van der Waals surface area (Å²) < 4.78 is 0. The average molecular weight is 272 g/mol. The molecule has 0 radical (unpaired) electrons. The molecule has 1 heterocycles. The first-order valence-corrected chi connectivity index (χ1v) is 7.70. The molecule has 0 saturated heterocycles. The topological polar surface area (TPSA) is 41.1 Å². The molecule has 3 heteroatoms. The quantitative estimate of drug-likeness (QED) is 0.869. The van der Waals surface area contributed by atoms with E-state index in [-0.39, 0.29) is 11.3 Å². The number of benzene rings is 1. The molecule has 0 aromatic heterocycles. The van der Waals surface area contributed by atoms with Gasteiger partial charge in [-0.2, -0.15) is 0 Å². The summed E-state index contributed by atoms with van der Waals surface area (Å²) in [5.41, 5.74) is 3.68. The van der Waals surface area contributed by atoms with Crippen LogP contribution in [0.25, 0.3) is 0 Å². The third kappa shape index (κ3) is 2.59. The Bertz CT molecular complexity index is 522. The van der Waals surface area contributed by atoms with Crippen molar-refractivity contribution >= 4 is 5.91 Å². The lowest BCUT2D eigenvalue weighted by Gasteiger charge is -2.28. The molecular weight excluding hydrogens is 248 g/mol. The third-order valence-corrected chi connectivity index (χ3v) is 4.92. The number of hydrogen-bond donors (Lipinski definition) is 2. The van der Waals surface area contributed by atoms with Crippen molar-refractivity contribution < 1.29 is 4.79 Å².